The Morgan fingerprint density at radius 1 is 1.28 bits per heavy atom. The van der Waals surface area contributed by atoms with E-state index in [1.54, 1.807) is 35.6 Å². The Balaban J connectivity index is 1.51. The van der Waals surface area contributed by atoms with Crippen LogP contribution in [-0.4, -0.2) is 40.1 Å². The second-order valence-corrected chi connectivity index (χ2v) is 7.65. The van der Waals surface area contributed by atoms with Crippen LogP contribution in [0.25, 0.3) is 11.4 Å². The molecule has 1 heterocycles. The van der Waals surface area contributed by atoms with Crippen LogP contribution in [0.3, 0.4) is 0 Å². The summed E-state index contributed by atoms with van der Waals surface area (Å²) in [6.45, 7) is 0.551. The average Bonchev–Trinajstić information content (AvgIpc) is 3.09. The van der Waals surface area contributed by atoms with Crippen LogP contribution in [0.2, 0.25) is 0 Å². The van der Waals surface area contributed by atoms with E-state index in [0.29, 0.717) is 34.2 Å². The predicted octanol–water partition coefficient (Wildman–Crippen LogP) is 3.80. The van der Waals surface area contributed by atoms with Crippen LogP contribution >= 0.6 is 24.0 Å². The third kappa shape index (κ3) is 5.68. The summed E-state index contributed by atoms with van der Waals surface area (Å²) in [5.74, 6) is 2.20. The molecule has 0 spiro atoms. The molecule has 0 aliphatic heterocycles. The lowest BCUT2D eigenvalue weighted by molar-refractivity contribution is -0.121. The molecule has 6 nitrogen and oxygen atoms in total. The summed E-state index contributed by atoms with van der Waals surface area (Å²) in [6, 6.07) is 14.1. The first-order valence-corrected chi connectivity index (χ1v) is 10.5. The van der Waals surface area contributed by atoms with E-state index in [4.69, 9.17) is 17.0 Å². The molecule has 0 aliphatic carbocycles. The minimum Gasteiger partial charge on any atom is -0.497 e. The Morgan fingerprint density at radius 3 is 2.76 bits per heavy atom. The molecule has 0 bridgehead atoms. The number of nitrogens with zero attached hydrogens (tertiary/aromatic N) is 2. The van der Waals surface area contributed by atoms with Gasteiger partial charge in [-0.3, -0.25) is 14.5 Å². The normalized spacial score (nSPS) is 10.7. The maximum atomic E-state index is 13.6. The lowest BCUT2D eigenvalue weighted by Crippen LogP contribution is -2.29. The quantitative estimate of drug-likeness (QED) is 0.397. The molecule has 0 radical (unpaired) electrons. The SMILES string of the molecule is COc1ccc(-c2n[nH]c(=S)n2CC(=O)NCCSCc2ccccc2F)cc1. The number of benzene rings is 2. The van der Waals surface area contributed by atoms with E-state index in [1.165, 1.54) is 6.07 Å². The Hall–Kier alpha value is -2.65. The minimum absolute atomic E-state index is 0.0642. The van der Waals surface area contributed by atoms with Crippen molar-refractivity contribution in [2.45, 2.75) is 12.3 Å². The van der Waals surface area contributed by atoms with Gasteiger partial charge in [0, 0.05) is 23.6 Å². The van der Waals surface area contributed by atoms with Gasteiger partial charge in [-0.05, 0) is 48.1 Å². The lowest BCUT2D eigenvalue weighted by Gasteiger charge is -2.09. The van der Waals surface area contributed by atoms with Gasteiger partial charge in [0.2, 0.25) is 5.91 Å². The lowest BCUT2D eigenvalue weighted by atomic mass is 10.2. The molecule has 152 valence electrons. The maximum Gasteiger partial charge on any atom is 0.240 e. The number of rotatable bonds is 9. The fourth-order valence-corrected chi connectivity index (χ4v) is 3.73. The largest absolute Gasteiger partial charge is 0.497 e. The van der Waals surface area contributed by atoms with Crippen LogP contribution in [0.1, 0.15) is 5.56 Å². The molecule has 0 saturated heterocycles. The van der Waals surface area contributed by atoms with Crippen molar-refractivity contribution in [3.8, 4) is 17.1 Å². The van der Waals surface area contributed by atoms with Gasteiger partial charge in [-0.2, -0.15) is 16.9 Å². The molecule has 2 aromatic carbocycles. The van der Waals surface area contributed by atoms with E-state index in [2.05, 4.69) is 15.5 Å². The van der Waals surface area contributed by atoms with Gasteiger partial charge in [-0.25, -0.2) is 4.39 Å². The maximum absolute atomic E-state index is 13.6. The first-order valence-electron chi connectivity index (χ1n) is 8.96. The number of nitrogens with one attached hydrogen (secondary N) is 2. The van der Waals surface area contributed by atoms with Gasteiger partial charge >= 0.3 is 0 Å². The van der Waals surface area contributed by atoms with Crippen molar-refractivity contribution in [2.24, 2.45) is 0 Å². The molecule has 0 saturated carbocycles. The predicted molar refractivity (Wildman–Crippen MR) is 115 cm³/mol. The van der Waals surface area contributed by atoms with Crippen molar-refractivity contribution in [1.82, 2.24) is 20.1 Å². The zero-order chi connectivity index (χ0) is 20.6. The van der Waals surface area contributed by atoms with Crippen LogP contribution < -0.4 is 10.1 Å². The van der Waals surface area contributed by atoms with Gasteiger partial charge in [0.05, 0.1) is 7.11 Å². The van der Waals surface area contributed by atoms with Crippen molar-refractivity contribution < 1.29 is 13.9 Å². The van der Waals surface area contributed by atoms with Crippen LogP contribution in [0.5, 0.6) is 5.75 Å². The van der Waals surface area contributed by atoms with Crippen molar-refractivity contribution in [3.05, 3.63) is 64.7 Å². The third-order valence-corrected chi connectivity index (χ3v) is 5.51. The first-order chi connectivity index (χ1) is 14.1. The monoisotopic (exact) mass is 432 g/mol. The van der Waals surface area contributed by atoms with Gasteiger partial charge in [-0.1, -0.05) is 18.2 Å². The number of carbonyl (C=O) groups excluding carboxylic acids is 1. The summed E-state index contributed by atoms with van der Waals surface area (Å²) in [4.78, 5) is 12.3. The number of halogens is 1. The second kappa shape index (κ2) is 10.2. The van der Waals surface area contributed by atoms with Crippen LogP contribution in [-0.2, 0) is 17.1 Å². The van der Waals surface area contributed by atoms with E-state index in [0.717, 1.165) is 11.3 Å². The number of aromatic nitrogens is 3. The average molecular weight is 433 g/mol. The summed E-state index contributed by atoms with van der Waals surface area (Å²) in [5, 5.41) is 9.83. The topological polar surface area (TPSA) is 71.9 Å². The highest BCUT2D eigenvalue weighted by Gasteiger charge is 2.12. The summed E-state index contributed by atoms with van der Waals surface area (Å²) in [6.07, 6.45) is 0. The summed E-state index contributed by atoms with van der Waals surface area (Å²) in [7, 11) is 1.60. The van der Waals surface area contributed by atoms with Crippen LogP contribution in [0.4, 0.5) is 4.39 Å². The number of amides is 1. The Morgan fingerprint density at radius 2 is 2.03 bits per heavy atom. The summed E-state index contributed by atoms with van der Waals surface area (Å²) in [5.41, 5.74) is 1.49. The molecule has 0 unspecified atom stereocenters. The fourth-order valence-electron chi connectivity index (χ4n) is 2.68. The Kier molecular flexibility index (Phi) is 7.42. The van der Waals surface area contributed by atoms with Crippen LogP contribution in [0.15, 0.2) is 48.5 Å². The molecular formula is C20H21FN4O2S2. The Labute approximate surface area is 177 Å². The van der Waals surface area contributed by atoms with Gasteiger partial charge < -0.3 is 10.1 Å². The van der Waals surface area contributed by atoms with Gasteiger partial charge in [0.25, 0.3) is 0 Å². The molecular weight excluding hydrogens is 411 g/mol. The molecule has 3 aromatic rings. The number of thioether (sulfide) groups is 1. The first kappa shape index (κ1) is 21.1. The molecule has 0 aliphatic rings. The van der Waals surface area contributed by atoms with E-state index >= 15 is 0 Å². The van der Waals surface area contributed by atoms with E-state index in [9.17, 15) is 9.18 Å². The molecule has 1 amide bonds. The van der Waals surface area contributed by atoms with Crippen molar-refractivity contribution in [1.29, 1.82) is 0 Å². The summed E-state index contributed by atoms with van der Waals surface area (Å²) < 4.78 is 20.8. The number of hydrogen-bond acceptors (Lipinski definition) is 5. The highest BCUT2D eigenvalue weighted by molar-refractivity contribution is 7.98. The fraction of sp³-hybridized carbons (Fsp3) is 0.250. The zero-order valence-electron chi connectivity index (χ0n) is 15.9. The smallest absolute Gasteiger partial charge is 0.240 e. The van der Waals surface area contributed by atoms with Crippen molar-refractivity contribution >= 4 is 29.9 Å². The molecule has 29 heavy (non-hydrogen) atoms. The zero-order valence-corrected chi connectivity index (χ0v) is 17.5. The number of methoxy groups -OCH3 is 1. The van der Waals surface area contributed by atoms with Crippen molar-refractivity contribution in [2.75, 3.05) is 19.4 Å². The standard InChI is InChI=1S/C20H21FN4O2S2/c1-27-16-8-6-14(7-9-16)19-23-24-20(28)25(19)12-18(26)22-10-11-29-13-15-4-2-3-5-17(15)21/h2-9H,10-13H2,1H3,(H,22,26)(H,24,28). The third-order valence-electron chi connectivity index (χ3n) is 4.19. The van der Waals surface area contributed by atoms with E-state index in [1.807, 2.05) is 30.3 Å². The van der Waals surface area contributed by atoms with Gasteiger partial charge in [-0.15, -0.1) is 0 Å². The van der Waals surface area contributed by atoms with E-state index in [-0.39, 0.29) is 18.3 Å². The molecule has 0 fully saturated rings. The number of carbonyl (C=O) groups is 1. The highest BCUT2D eigenvalue weighted by atomic mass is 32.2. The van der Waals surface area contributed by atoms with Crippen LogP contribution in [0, 0.1) is 10.6 Å². The minimum atomic E-state index is -0.204. The van der Waals surface area contributed by atoms with E-state index < -0.39 is 0 Å². The molecule has 0 atom stereocenters. The molecule has 3 rings (SSSR count). The molecule has 2 N–H and O–H groups in total. The number of hydrogen-bond donors (Lipinski definition) is 2. The van der Waals surface area contributed by atoms with Crippen molar-refractivity contribution in [3.63, 3.8) is 0 Å². The number of ether oxygens (including phenoxy) is 1. The molecule has 1 aromatic heterocycles. The Bertz CT molecular complexity index is 1020. The number of H-pyrrole nitrogens is 1. The van der Waals surface area contributed by atoms with Gasteiger partial charge in [0.15, 0.2) is 10.6 Å². The second-order valence-electron chi connectivity index (χ2n) is 6.16. The number of aromatic amines is 1. The molecule has 9 heteroatoms. The summed E-state index contributed by atoms with van der Waals surface area (Å²) >= 11 is 6.83. The van der Waals surface area contributed by atoms with Gasteiger partial charge in [0.1, 0.15) is 18.1 Å². The highest BCUT2D eigenvalue weighted by Crippen LogP contribution is 2.21.